The van der Waals surface area contributed by atoms with Gasteiger partial charge in [-0.1, -0.05) is 6.07 Å². The first-order chi connectivity index (χ1) is 13.3. The fraction of sp³-hybridized carbons (Fsp3) is 0.350. The number of amides is 1. The van der Waals surface area contributed by atoms with Gasteiger partial charge in [0.05, 0.1) is 10.6 Å². The topological polar surface area (TPSA) is 75.7 Å². The number of cyclic esters (lactones) is 1. The van der Waals surface area contributed by atoms with Crippen molar-refractivity contribution in [2.75, 3.05) is 11.4 Å². The van der Waals surface area contributed by atoms with Gasteiger partial charge in [-0.15, -0.1) is 0 Å². The molecule has 0 radical (unpaired) electrons. The molecule has 1 N–H and O–H groups in total. The second kappa shape index (κ2) is 7.18. The van der Waals surface area contributed by atoms with Gasteiger partial charge in [0, 0.05) is 18.7 Å². The summed E-state index contributed by atoms with van der Waals surface area (Å²) in [4.78, 5) is 13.9. The van der Waals surface area contributed by atoms with E-state index in [1.165, 1.54) is 12.1 Å². The monoisotopic (exact) mass is 404 g/mol. The average Bonchev–Trinajstić information content (AvgIpc) is 3.48. The van der Waals surface area contributed by atoms with Crippen molar-refractivity contribution in [3.05, 3.63) is 59.4 Å². The Morgan fingerprint density at radius 2 is 1.89 bits per heavy atom. The maximum atomic E-state index is 13.0. The van der Waals surface area contributed by atoms with Gasteiger partial charge in [0.15, 0.2) is 0 Å². The lowest BCUT2D eigenvalue weighted by Gasteiger charge is -2.33. The molecule has 1 aliphatic heterocycles. The fourth-order valence-electron chi connectivity index (χ4n) is 3.27. The Hall–Kier alpha value is -2.45. The molecule has 0 saturated heterocycles. The molecule has 1 atom stereocenters. The number of rotatable bonds is 6. The summed E-state index contributed by atoms with van der Waals surface area (Å²) in [6.45, 7) is 2.53. The molecule has 4 rings (SSSR count). The number of halogens is 1. The Bertz CT molecular complexity index is 1000. The zero-order valence-electron chi connectivity index (χ0n) is 15.4. The minimum Gasteiger partial charge on any atom is -0.441 e. The summed E-state index contributed by atoms with van der Waals surface area (Å²) in [5, 5.41) is 0. The molecule has 148 valence electrons. The second-order valence-electron chi connectivity index (χ2n) is 7.25. The fourth-order valence-corrected chi connectivity index (χ4v) is 4.29. The van der Waals surface area contributed by atoms with E-state index in [1.54, 1.807) is 17.9 Å². The lowest BCUT2D eigenvalue weighted by Crippen LogP contribution is -2.38. The zero-order chi connectivity index (χ0) is 19.9. The molecule has 6 nitrogen and oxygen atoms in total. The number of nitrogens with zero attached hydrogens (tertiary/aromatic N) is 1. The minimum absolute atomic E-state index is 0.00441. The number of anilines is 1. The highest BCUT2D eigenvalue weighted by Gasteiger charge is 2.34. The van der Waals surface area contributed by atoms with Gasteiger partial charge in [-0.05, 0) is 67.6 Å². The maximum Gasteiger partial charge on any atom is 0.414 e. The summed E-state index contributed by atoms with van der Waals surface area (Å²) in [6, 6.07) is 10.2. The van der Waals surface area contributed by atoms with Crippen LogP contribution in [0.15, 0.2) is 47.4 Å². The lowest BCUT2D eigenvalue weighted by atomic mass is 10.0. The van der Waals surface area contributed by atoms with E-state index in [0.717, 1.165) is 41.8 Å². The number of nitrogens with one attached hydrogen (secondary N) is 1. The van der Waals surface area contributed by atoms with E-state index < -0.39 is 21.9 Å². The highest BCUT2D eigenvalue weighted by Crippen LogP contribution is 2.38. The average molecular weight is 404 g/mol. The molecule has 1 aliphatic carbocycles. The van der Waals surface area contributed by atoms with Crippen LogP contribution < -0.4 is 9.62 Å². The summed E-state index contributed by atoms with van der Waals surface area (Å²) >= 11 is 0. The number of sulfonamides is 1. The van der Waals surface area contributed by atoms with E-state index in [-0.39, 0.29) is 17.5 Å². The molecule has 0 spiro atoms. The molecule has 1 amide bonds. The van der Waals surface area contributed by atoms with Crippen LogP contribution in [0.5, 0.6) is 0 Å². The van der Waals surface area contributed by atoms with Crippen molar-refractivity contribution in [3.8, 4) is 0 Å². The van der Waals surface area contributed by atoms with E-state index in [0.29, 0.717) is 12.5 Å². The molecule has 2 aromatic carbocycles. The van der Waals surface area contributed by atoms with Gasteiger partial charge in [-0.25, -0.2) is 22.3 Å². The van der Waals surface area contributed by atoms with Gasteiger partial charge in [-0.2, -0.15) is 0 Å². The van der Waals surface area contributed by atoms with Crippen molar-refractivity contribution in [2.24, 2.45) is 5.92 Å². The smallest absolute Gasteiger partial charge is 0.414 e. The van der Waals surface area contributed by atoms with Gasteiger partial charge < -0.3 is 4.74 Å². The van der Waals surface area contributed by atoms with E-state index in [9.17, 15) is 17.6 Å². The van der Waals surface area contributed by atoms with Crippen LogP contribution >= 0.6 is 0 Å². The highest BCUT2D eigenvalue weighted by molar-refractivity contribution is 7.89. The standard InChI is InChI=1S/C20H21FN2O4S/c1-13-18-10-15(11-22-28(25,26)17-7-5-16(21)6-8-17)4-9-19(18)23(20(24)27-13)12-14-2-3-14/h4-10,13-14,22H,2-3,11-12H2,1H3. The maximum absolute atomic E-state index is 13.0. The number of benzene rings is 2. The Balaban J connectivity index is 1.52. The van der Waals surface area contributed by atoms with Crippen molar-refractivity contribution in [1.82, 2.24) is 4.72 Å². The molecule has 8 heteroatoms. The molecule has 2 aromatic rings. The quantitative estimate of drug-likeness (QED) is 0.796. The normalized spacial score (nSPS) is 19.3. The third-order valence-corrected chi connectivity index (χ3v) is 6.46. The predicted molar refractivity (Wildman–Crippen MR) is 102 cm³/mol. The number of carbonyl (C=O) groups is 1. The first-order valence-electron chi connectivity index (χ1n) is 9.20. The first kappa shape index (κ1) is 18.9. The van der Waals surface area contributed by atoms with Crippen molar-refractivity contribution in [3.63, 3.8) is 0 Å². The molecule has 1 fully saturated rings. The van der Waals surface area contributed by atoms with Crippen LogP contribution in [-0.2, 0) is 21.3 Å². The third-order valence-electron chi connectivity index (χ3n) is 5.05. The van der Waals surface area contributed by atoms with Gasteiger partial charge in [0.1, 0.15) is 11.9 Å². The molecule has 28 heavy (non-hydrogen) atoms. The van der Waals surface area contributed by atoms with E-state index in [2.05, 4.69) is 4.72 Å². The SMILES string of the molecule is CC1OC(=O)N(CC2CC2)c2ccc(CNS(=O)(=O)c3ccc(F)cc3)cc21. The van der Waals surface area contributed by atoms with Gasteiger partial charge in [-0.3, -0.25) is 4.90 Å². The summed E-state index contributed by atoms with van der Waals surface area (Å²) < 4.78 is 45.7. The van der Waals surface area contributed by atoms with Crippen molar-refractivity contribution >= 4 is 21.8 Å². The summed E-state index contributed by atoms with van der Waals surface area (Å²) in [7, 11) is -3.75. The molecule has 2 aliphatic rings. The number of carbonyl (C=O) groups excluding carboxylic acids is 1. The number of hydrogen-bond donors (Lipinski definition) is 1. The van der Waals surface area contributed by atoms with Gasteiger partial charge >= 0.3 is 6.09 Å². The summed E-state index contributed by atoms with van der Waals surface area (Å²) in [5.74, 6) is 0.0314. The van der Waals surface area contributed by atoms with Crippen LogP contribution in [0.2, 0.25) is 0 Å². The molecule has 0 aromatic heterocycles. The van der Waals surface area contributed by atoms with Gasteiger partial charge in [0.25, 0.3) is 0 Å². The number of ether oxygens (including phenoxy) is 1. The van der Waals surface area contributed by atoms with Crippen LogP contribution in [-0.4, -0.2) is 21.1 Å². The minimum atomic E-state index is -3.75. The highest BCUT2D eigenvalue weighted by atomic mass is 32.2. The predicted octanol–water partition coefficient (Wildman–Crippen LogP) is 3.73. The third kappa shape index (κ3) is 3.88. The van der Waals surface area contributed by atoms with Crippen LogP contribution in [0.1, 0.15) is 37.0 Å². The second-order valence-corrected chi connectivity index (χ2v) is 9.02. The van der Waals surface area contributed by atoms with Crippen LogP contribution in [0.3, 0.4) is 0 Å². The molecular weight excluding hydrogens is 383 g/mol. The summed E-state index contributed by atoms with van der Waals surface area (Å²) in [5.41, 5.74) is 2.43. The van der Waals surface area contributed by atoms with Crippen molar-refractivity contribution in [2.45, 2.75) is 37.3 Å². The van der Waals surface area contributed by atoms with Crippen molar-refractivity contribution < 1.29 is 22.3 Å². The van der Waals surface area contributed by atoms with E-state index >= 15 is 0 Å². The molecule has 0 bridgehead atoms. The van der Waals surface area contributed by atoms with Crippen LogP contribution in [0.25, 0.3) is 0 Å². The molecule has 1 heterocycles. The molecule has 1 saturated carbocycles. The Morgan fingerprint density at radius 3 is 2.57 bits per heavy atom. The van der Waals surface area contributed by atoms with Crippen molar-refractivity contribution in [1.29, 1.82) is 0 Å². The first-order valence-corrected chi connectivity index (χ1v) is 10.7. The van der Waals surface area contributed by atoms with E-state index in [1.807, 2.05) is 12.1 Å². The Morgan fingerprint density at radius 1 is 1.18 bits per heavy atom. The van der Waals surface area contributed by atoms with Gasteiger partial charge in [0.2, 0.25) is 10.0 Å². The van der Waals surface area contributed by atoms with Crippen LogP contribution in [0.4, 0.5) is 14.9 Å². The molecular formula is C20H21FN2O4S. The van der Waals surface area contributed by atoms with E-state index in [4.69, 9.17) is 4.74 Å². The van der Waals surface area contributed by atoms with Crippen LogP contribution in [0, 0.1) is 11.7 Å². The Labute approximate surface area is 163 Å². The number of hydrogen-bond acceptors (Lipinski definition) is 4. The Kier molecular flexibility index (Phi) is 4.84. The largest absolute Gasteiger partial charge is 0.441 e. The zero-order valence-corrected chi connectivity index (χ0v) is 16.2. The molecule has 1 unspecified atom stereocenters. The summed E-state index contributed by atoms with van der Waals surface area (Å²) in [6.07, 6.45) is 1.51. The number of fused-ring (bicyclic) bond motifs is 1. The lowest BCUT2D eigenvalue weighted by molar-refractivity contribution is 0.107.